The van der Waals surface area contributed by atoms with Crippen molar-refractivity contribution in [3.63, 3.8) is 0 Å². The molecule has 3 aromatic rings. The average molecular weight is 409 g/mol. The van der Waals surface area contributed by atoms with Crippen molar-refractivity contribution in [2.45, 2.75) is 38.8 Å². The third-order valence-corrected chi connectivity index (χ3v) is 5.23. The molecule has 4 rings (SSSR count). The van der Waals surface area contributed by atoms with E-state index in [0.717, 1.165) is 40.9 Å². The number of carbonyl (C=O) groups excluding carboxylic acids is 1. The van der Waals surface area contributed by atoms with Gasteiger partial charge in [0.1, 0.15) is 11.2 Å². The van der Waals surface area contributed by atoms with E-state index in [1.54, 1.807) is 24.3 Å². The Morgan fingerprint density at radius 2 is 2.07 bits per heavy atom. The Hall–Kier alpha value is -3.36. The van der Waals surface area contributed by atoms with Gasteiger partial charge in [0.25, 0.3) is 0 Å². The van der Waals surface area contributed by atoms with Gasteiger partial charge in [0.05, 0.1) is 22.8 Å². The summed E-state index contributed by atoms with van der Waals surface area (Å²) < 4.78 is 5.53. The topological polar surface area (TPSA) is 113 Å². The second-order valence-electron chi connectivity index (χ2n) is 8.54. The maximum Gasteiger partial charge on any atom is 0.410 e. The highest BCUT2D eigenvalue weighted by molar-refractivity contribution is 6.02. The lowest BCUT2D eigenvalue weighted by Gasteiger charge is -2.29. The highest BCUT2D eigenvalue weighted by atomic mass is 16.6. The van der Waals surface area contributed by atoms with Gasteiger partial charge in [-0.15, -0.1) is 0 Å². The minimum atomic E-state index is -0.514. The van der Waals surface area contributed by atoms with Gasteiger partial charge in [-0.2, -0.15) is 0 Å². The minimum absolute atomic E-state index is 0.0696. The molecule has 0 saturated carbocycles. The lowest BCUT2D eigenvalue weighted by atomic mass is 10.1. The number of aromatic amines is 1. The summed E-state index contributed by atoms with van der Waals surface area (Å²) in [6.45, 7) is 7.17. The number of hydrogen-bond acceptors (Lipinski definition) is 7. The second kappa shape index (κ2) is 7.47. The van der Waals surface area contributed by atoms with E-state index >= 15 is 0 Å². The van der Waals surface area contributed by atoms with Crippen LogP contribution in [0, 0.1) is 0 Å². The zero-order valence-corrected chi connectivity index (χ0v) is 17.7. The lowest BCUT2D eigenvalue weighted by Crippen LogP contribution is -2.42. The average Bonchev–Trinajstić information content (AvgIpc) is 3.33. The summed E-state index contributed by atoms with van der Waals surface area (Å²) in [5.74, 6) is 0.229. The Labute approximate surface area is 175 Å². The van der Waals surface area contributed by atoms with Gasteiger partial charge in [-0.1, -0.05) is 0 Å². The molecular formula is C21H27N7O2. The number of rotatable bonds is 3. The number of fused-ring (bicyclic) bond motifs is 1. The molecule has 1 aliphatic heterocycles. The second-order valence-corrected chi connectivity index (χ2v) is 8.54. The minimum Gasteiger partial charge on any atom is -0.444 e. The van der Waals surface area contributed by atoms with Gasteiger partial charge in [-0.3, -0.25) is 0 Å². The number of nitrogens with two attached hydrogens (primary N) is 1. The molecule has 0 unspecified atom stereocenters. The predicted molar refractivity (Wildman–Crippen MR) is 116 cm³/mol. The van der Waals surface area contributed by atoms with Gasteiger partial charge >= 0.3 is 6.09 Å². The number of carbonyl (C=O) groups is 1. The first-order valence-corrected chi connectivity index (χ1v) is 9.98. The number of nitrogens with zero attached hydrogens (tertiary/aromatic N) is 5. The molecule has 0 aromatic carbocycles. The first kappa shape index (κ1) is 19.9. The van der Waals surface area contributed by atoms with Crippen molar-refractivity contribution in [3.05, 3.63) is 30.7 Å². The summed E-state index contributed by atoms with van der Waals surface area (Å²) in [6, 6.07) is 3.90. The third-order valence-electron chi connectivity index (χ3n) is 5.23. The van der Waals surface area contributed by atoms with E-state index in [-0.39, 0.29) is 18.1 Å². The van der Waals surface area contributed by atoms with Crippen LogP contribution in [0.4, 0.5) is 16.4 Å². The fourth-order valence-electron chi connectivity index (χ4n) is 3.79. The Bertz CT molecular complexity index is 1070. The first-order chi connectivity index (χ1) is 14.2. The summed E-state index contributed by atoms with van der Waals surface area (Å²) in [6.07, 6.45) is 5.89. The number of hydrogen-bond donors (Lipinski definition) is 2. The van der Waals surface area contributed by atoms with Crippen LogP contribution in [0.3, 0.4) is 0 Å². The molecule has 3 N–H and O–H groups in total. The van der Waals surface area contributed by atoms with Gasteiger partial charge in [-0.05, 0) is 39.3 Å². The van der Waals surface area contributed by atoms with E-state index in [9.17, 15) is 4.79 Å². The van der Waals surface area contributed by atoms with Crippen LogP contribution in [0.15, 0.2) is 30.7 Å². The van der Waals surface area contributed by atoms with E-state index in [2.05, 4.69) is 24.8 Å². The number of H-pyrrole nitrogens is 1. The molecule has 1 atom stereocenters. The number of pyridine rings is 1. The van der Waals surface area contributed by atoms with E-state index in [4.69, 9.17) is 10.5 Å². The van der Waals surface area contributed by atoms with Crippen molar-refractivity contribution in [1.29, 1.82) is 0 Å². The van der Waals surface area contributed by atoms with Crippen molar-refractivity contribution in [1.82, 2.24) is 24.8 Å². The van der Waals surface area contributed by atoms with E-state index < -0.39 is 5.60 Å². The quantitative estimate of drug-likeness (QED) is 0.683. The smallest absolute Gasteiger partial charge is 0.410 e. The maximum atomic E-state index is 12.5. The molecule has 1 saturated heterocycles. The van der Waals surface area contributed by atoms with Crippen molar-refractivity contribution in [2.75, 3.05) is 30.8 Å². The van der Waals surface area contributed by atoms with Crippen LogP contribution in [0.25, 0.3) is 22.3 Å². The molecule has 30 heavy (non-hydrogen) atoms. The molecule has 9 nitrogen and oxygen atoms in total. The molecule has 9 heteroatoms. The normalized spacial score (nSPS) is 16.8. The molecule has 158 valence electrons. The fraction of sp³-hybridized carbons (Fsp3) is 0.429. The molecular weight excluding hydrogens is 382 g/mol. The highest BCUT2D eigenvalue weighted by Gasteiger charge is 2.32. The van der Waals surface area contributed by atoms with Crippen LogP contribution in [0.1, 0.15) is 27.2 Å². The maximum absolute atomic E-state index is 12.5. The van der Waals surface area contributed by atoms with Gasteiger partial charge in [0.2, 0.25) is 5.95 Å². The fourth-order valence-corrected chi connectivity index (χ4v) is 3.79. The molecule has 0 bridgehead atoms. The van der Waals surface area contributed by atoms with Crippen molar-refractivity contribution in [3.8, 4) is 11.3 Å². The molecule has 3 aromatic heterocycles. The molecule has 0 spiro atoms. The zero-order valence-electron chi connectivity index (χ0n) is 17.7. The Morgan fingerprint density at radius 3 is 2.80 bits per heavy atom. The summed E-state index contributed by atoms with van der Waals surface area (Å²) >= 11 is 0. The van der Waals surface area contributed by atoms with Crippen LogP contribution in [0.5, 0.6) is 0 Å². The van der Waals surface area contributed by atoms with E-state index in [0.29, 0.717) is 6.54 Å². The number of nitrogen functional groups attached to an aromatic ring is 1. The van der Waals surface area contributed by atoms with E-state index in [1.165, 1.54) is 0 Å². The predicted octanol–water partition coefficient (Wildman–Crippen LogP) is 3.05. The van der Waals surface area contributed by atoms with Crippen molar-refractivity contribution < 1.29 is 9.53 Å². The number of ether oxygens (including phenoxy) is 1. The highest BCUT2D eigenvalue weighted by Crippen LogP contribution is 2.36. The summed E-state index contributed by atoms with van der Waals surface area (Å²) in [5.41, 5.74) is 8.76. The summed E-state index contributed by atoms with van der Waals surface area (Å²) in [7, 11) is 1.80. The zero-order chi connectivity index (χ0) is 21.5. The summed E-state index contributed by atoms with van der Waals surface area (Å²) in [4.78, 5) is 32.5. The number of anilines is 2. The number of amides is 1. The number of aromatic nitrogens is 4. The van der Waals surface area contributed by atoms with Crippen molar-refractivity contribution >= 4 is 28.8 Å². The van der Waals surface area contributed by atoms with Crippen LogP contribution < -0.4 is 10.6 Å². The van der Waals surface area contributed by atoms with Crippen LogP contribution in [-0.2, 0) is 4.74 Å². The monoisotopic (exact) mass is 409 g/mol. The van der Waals surface area contributed by atoms with E-state index in [1.807, 2.05) is 39.1 Å². The van der Waals surface area contributed by atoms with Crippen LogP contribution >= 0.6 is 0 Å². The molecule has 4 heterocycles. The largest absolute Gasteiger partial charge is 0.444 e. The SMILES string of the molecule is CN(C(=O)OC(C)(C)C)[C@H]1CCN(c2ccnc3[nH]cc(-c4ccnc(N)n4)c23)C1. The molecule has 1 aliphatic rings. The Balaban J connectivity index is 1.62. The van der Waals surface area contributed by atoms with Crippen LogP contribution in [0.2, 0.25) is 0 Å². The first-order valence-electron chi connectivity index (χ1n) is 9.98. The molecule has 0 radical (unpaired) electrons. The lowest BCUT2D eigenvalue weighted by molar-refractivity contribution is 0.0238. The molecule has 1 fully saturated rings. The standard InChI is InChI=1S/C21H27N7O2/c1-21(2,3)30-20(29)27(4)13-7-10-28(12-13)16-6-9-23-18-17(16)14(11-25-18)15-5-8-24-19(22)26-15/h5-6,8-9,11,13H,7,10,12H2,1-4H3,(H,23,25)(H2,22,24,26)/t13-/m0/s1. The summed E-state index contributed by atoms with van der Waals surface area (Å²) in [5, 5.41) is 0.983. The number of likely N-dealkylation sites (N-methyl/N-ethyl adjacent to an activating group) is 1. The van der Waals surface area contributed by atoms with Gasteiger partial charge in [0.15, 0.2) is 0 Å². The molecule has 0 aliphatic carbocycles. The van der Waals surface area contributed by atoms with Crippen molar-refractivity contribution in [2.24, 2.45) is 0 Å². The van der Waals surface area contributed by atoms with Gasteiger partial charge in [0, 0.05) is 44.3 Å². The number of nitrogens with one attached hydrogen (secondary N) is 1. The Morgan fingerprint density at radius 1 is 1.30 bits per heavy atom. The Kier molecular flexibility index (Phi) is 4.97. The van der Waals surface area contributed by atoms with Gasteiger partial charge < -0.3 is 25.3 Å². The third kappa shape index (κ3) is 3.87. The molecule has 1 amide bonds. The van der Waals surface area contributed by atoms with Gasteiger partial charge in [-0.25, -0.2) is 19.7 Å². The van der Waals surface area contributed by atoms with Crippen LogP contribution in [-0.4, -0.2) is 62.7 Å².